The summed E-state index contributed by atoms with van der Waals surface area (Å²) in [6, 6.07) is 6.49. The van der Waals surface area contributed by atoms with Gasteiger partial charge in [0.1, 0.15) is 5.82 Å². The molecule has 0 atom stereocenters. The fraction of sp³-hybridized carbons (Fsp3) is 0.154. The van der Waals surface area contributed by atoms with Gasteiger partial charge in [-0.2, -0.15) is 0 Å². The van der Waals surface area contributed by atoms with Crippen molar-refractivity contribution in [3.8, 4) is 0 Å². The summed E-state index contributed by atoms with van der Waals surface area (Å²) in [5.41, 5.74) is 1.70. The van der Waals surface area contributed by atoms with Gasteiger partial charge in [0, 0.05) is 21.1 Å². The Hall–Kier alpha value is -1.15. The first-order valence-corrected chi connectivity index (χ1v) is 7.55. The van der Waals surface area contributed by atoms with Crippen LogP contribution in [0.5, 0.6) is 0 Å². The lowest BCUT2D eigenvalue weighted by atomic mass is 10.3. The molecule has 1 amide bonds. The molecule has 19 heavy (non-hydrogen) atoms. The number of anilines is 2. The Morgan fingerprint density at radius 3 is 2.84 bits per heavy atom. The van der Waals surface area contributed by atoms with Gasteiger partial charge in [0.05, 0.1) is 12.2 Å². The quantitative estimate of drug-likeness (QED) is 0.774. The molecule has 2 rings (SSSR count). The topological polar surface area (TPSA) is 41.1 Å². The van der Waals surface area contributed by atoms with E-state index in [-0.39, 0.29) is 11.7 Å². The third-order valence-corrected chi connectivity index (χ3v) is 4.24. The van der Waals surface area contributed by atoms with E-state index in [1.54, 1.807) is 17.4 Å². The molecule has 1 aromatic heterocycles. The molecule has 0 unspecified atom stereocenters. The summed E-state index contributed by atoms with van der Waals surface area (Å²) >= 11 is 3.65. The second kappa shape index (κ2) is 6.33. The van der Waals surface area contributed by atoms with E-state index < -0.39 is 0 Å². The van der Waals surface area contributed by atoms with Crippen LogP contribution in [0.25, 0.3) is 0 Å². The van der Waals surface area contributed by atoms with Crippen molar-refractivity contribution in [2.75, 3.05) is 10.6 Å². The summed E-state index contributed by atoms with van der Waals surface area (Å²) in [5.74, 6) is -0.332. The van der Waals surface area contributed by atoms with Gasteiger partial charge < -0.3 is 10.6 Å². The largest absolute Gasteiger partial charge is 0.379 e. The number of halogens is 2. The lowest BCUT2D eigenvalue weighted by Gasteiger charge is -2.09. The van der Waals surface area contributed by atoms with Crippen molar-refractivity contribution in [1.29, 1.82) is 0 Å². The van der Waals surface area contributed by atoms with Crippen molar-refractivity contribution >= 4 is 51.2 Å². The minimum Gasteiger partial charge on any atom is -0.379 e. The highest BCUT2D eigenvalue weighted by Crippen LogP contribution is 2.25. The van der Waals surface area contributed by atoms with Gasteiger partial charge >= 0.3 is 0 Å². The number of carbonyl (C=O) groups is 1. The Labute approximate surface area is 128 Å². The highest BCUT2D eigenvalue weighted by Gasteiger charge is 2.07. The second-order valence-corrected chi connectivity index (χ2v) is 6.08. The third kappa shape index (κ3) is 3.90. The molecular formula is C13H12FIN2OS. The van der Waals surface area contributed by atoms with Crippen LogP contribution in [0.15, 0.2) is 29.6 Å². The minimum absolute atomic E-state index is 0.0870. The van der Waals surface area contributed by atoms with Gasteiger partial charge in [0.25, 0.3) is 0 Å². The molecule has 0 bridgehead atoms. The first-order valence-electron chi connectivity index (χ1n) is 5.59. The van der Waals surface area contributed by atoms with Gasteiger partial charge in [0.2, 0.25) is 5.91 Å². The summed E-state index contributed by atoms with van der Waals surface area (Å²) in [6.07, 6.45) is 0. The van der Waals surface area contributed by atoms with Crippen molar-refractivity contribution in [3.05, 3.63) is 43.9 Å². The van der Waals surface area contributed by atoms with Gasteiger partial charge in [-0.15, -0.1) is 11.3 Å². The predicted molar refractivity (Wildman–Crippen MR) is 85.1 cm³/mol. The van der Waals surface area contributed by atoms with Crippen LogP contribution in [0, 0.1) is 9.39 Å². The molecule has 1 aromatic carbocycles. The molecule has 100 valence electrons. The maximum atomic E-state index is 13.0. The molecule has 0 saturated carbocycles. The minimum atomic E-state index is -0.245. The Morgan fingerprint density at radius 2 is 2.16 bits per heavy atom. The molecule has 1 heterocycles. The molecule has 0 radical (unpaired) electrons. The van der Waals surface area contributed by atoms with Crippen LogP contribution in [-0.2, 0) is 11.3 Å². The molecule has 3 nitrogen and oxygen atoms in total. The van der Waals surface area contributed by atoms with Crippen LogP contribution >= 0.6 is 33.9 Å². The van der Waals surface area contributed by atoms with E-state index in [9.17, 15) is 9.18 Å². The first kappa shape index (κ1) is 14.3. The van der Waals surface area contributed by atoms with Gasteiger partial charge in [-0.05, 0) is 52.2 Å². The summed E-state index contributed by atoms with van der Waals surface area (Å²) in [6.45, 7) is 2.08. The van der Waals surface area contributed by atoms with Gasteiger partial charge in [-0.25, -0.2) is 4.39 Å². The number of nitrogens with one attached hydrogen (secondary N) is 2. The fourth-order valence-corrected chi connectivity index (χ4v) is 3.02. The molecule has 0 aliphatic carbocycles. The normalized spacial score (nSPS) is 10.3. The molecule has 0 aliphatic rings. The SMILES string of the molecule is CC(=O)Nc1ccsc1CNc1ccc(F)cc1I. The van der Waals surface area contributed by atoms with E-state index in [1.165, 1.54) is 19.1 Å². The van der Waals surface area contributed by atoms with Crippen LogP contribution in [0.2, 0.25) is 0 Å². The monoisotopic (exact) mass is 390 g/mol. The summed E-state index contributed by atoms with van der Waals surface area (Å²) < 4.78 is 13.8. The smallest absolute Gasteiger partial charge is 0.221 e. The average molecular weight is 390 g/mol. The molecule has 0 saturated heterocycles. The Bertz CT molecular complexity index is 600. The van der Waals surface area contributed by atoms with E-state index in [0.717, 1.165) is 19.8 Å². The molecular weight excluding hydrogens is 378 g/mol. The first-order chi connectivity index (χ1) is 9.06. The van der Waals surface area contributed by atoms with Crippen LogP contribution < -0.4 is 10.6 Å². The van der Waals surface area contributed by atoms with E-state index in [2.05, 4.69) is 33.2 Å². The third-order valence-electron chi connectivity index (χ3n) is 2.43. The Morgan fingerprint density at radius 1 is 1.37 bits per heavy atom. The van der Waals surface area contributed by atoms with Crippen molar-refractivity contribution < 1.29 is 9.18 Å². The zero-order valence-electron chi connectivity index (χ0n) is 10.2. The number of carbonyl (C=O) groups excluding carboxylic acids is 1. The number of amides is 1. The van der Waals surface area contributed by atoms with Gasteiger partial charge in [0.15, 0.2) is 0 Å². The summed E-state index contributed by atoms with van der Waals surface area (Å²) in [7, 11) is 0. The van der Waals surface area contributed by atoms with Gasteiger partial charge in [-0.3, -0.25) is 4.79 Å². The lowest BCUT2D eigenvalue weighted by Crippen LogP contribution is -2.08. The maximum Gasteiger partial charge on any atom is 0.221 e. The standard InChI is InChI=1S/C13H12FIN2OS/c1-8(18)17-12-4-5-19-13(12)7-16-11-3-2-9(14)6-10(11)15/h2-6,16H,7H2,1H3,(H,17,18). The average Bonchev–Trinajstić information content (AvgIpc) is 2.74. The molecule has 0 fully saturated rings. The molecule has 0 spiro atoms. The number of thiophene rings is 1. The van der Waals surface area contributed by atoms with Crippen LogP contribution in [0.3, 0.4) is 0 Å². The van der Waals surface area contributed by atoms with Crippen LogP contribution in [-0.4, -0.2) is 5.91 Å². The zero-order valence-corrected chi connectivity index (χ0v) is 13.1. The van der Waals surface area contributed by atoms with E-state index in [4.69, 9.17) is 0 Å². The van der Waals surface area contributed by atoms with E-state index in [0.29, 0.717) is 6.54 Å². The van der Waals surface area contributed by atoms with Crippen molar-refractivity contribution in [3.63, 3.8) is 0 Å². The van der Waals surface area contributed by atoms with E-state index in [1.807, 2.05) is 11.4 Å². The number of benzene rings is 1. The molecule has 2 N–H and O–H groups in total. The predicted octanol–water partition coefficient (Wildman–Crippen LogP) is 4.06. The highest BCUT2D eigenvalue weighted by molar-refractivity contribution is 14.1. The summed E-state index contributed by atoms with van der Waals surface area (Å²) in [5, 5.41) is 7.95. The maximum absolute atomic E-state index is 13.0. The lowest BCUT2D eigenvalue weighted by molar-refractivity contribution is -0.114. The number of hydrogen-bond donors (Lipinski definition) is 2. The number of hydrogen-bond acceptors (Lipinski definition) is 3. The van der Waals surface area contributed by atoms with Crippen molar-refractivity contribution in [2.24, 2.45) is 0 Å². The highest BCUT2D eigenvalue weighted by atomic mass is 127. The fourth-order valence-electron chi connectivity index (χ4n) is 1.59. The van der Waals surface area contributed by atoms with Crippen molar-refractivity contribution in [1.82, 2.24) is 0 Å². The molecule has 2 aromatic rings. The molecule has 6 heteroatoms. The molecule has 0 aliphatic heterocycles. The van der Waals surface area contributed by atoms with Crippen LogP contribution in [0.1, 0.15) is 11.8 Å². The van der Waals surface area contributed by atoms with Crippen molar-refractivity contribution in [2.45, 2.75) is 13.5 Å². The summed E-state index contributed by atoms with van der Waals surface area (Å²) in [4.78, 5) is 12.1. The van der Waals surface area contributed by atoms with E-state index >= 15 is 0 Å². The zero-order chi connectivity index (χ0) is 13.8. The number of rotatable bonds is 4. The Balaban J connectivity index is 2.06. The second-order valence-electron chi connectivity index (χ2n) is 3.92. The van der Waals surface area contributed by atoms with Crippen LogP contribution in [0.4, 0.5) is 15.8 Å². The Kier molecular flexibility index (Phi) is 4.76. The van der Waals surface area contributed by atoms with Gasteiger partial charge in [-0.1, -0.05) is 0 Å².